The highest BCUT2D eigenvalue weighted by Gasteiger charge is 2.37. The van der Waals surface area contributed by atoms with Crippen molar-refractivity contribution in [2.24, 2.45) is 7.05 Å². The summed E-state index contributed by atoms with van der Waals surface area (Å²) in [7, 11) is 2.75. The third kappa shape index (κ3) is 1.90. The summed E-state index contributed by atoms with van der Waals surface area (Å²) in [5.74, 6) is -0.126. The fourth-order valence-corrected chi connectivity index (χ4v) is 1.74. The Morgan fingerprint density at radius 1 is 1.41 bits per heavy atom. The minimum absolute atomic E-state index is 0.126. The molecule has 0 radical (unpaired) electrons. The molecule has 0 saturated heterocycles. The average molecular weight is 266 g/mol. The van der Waals surface area contributed by atoms with Crippen molar-refractivity contribution in [2.75, 3.05) is 7.11 Å². The first kappa shape index (κ1) is 12.0. The maximum Gasteiger partial charge on any atom is 0.434 e. The Morgan fingerprint density at radius 3 is 2.59 bits per heavy atom. The Hall–Kier alpha value is -1.50. The van der Waals surface area contributed by atoms with Gasteiger partial charge in [-0.1, -0.05) is 11.6 Å². The average Bonchev–Trinajstić information content (AvgIpc) is 2.53. The molecule has 0 unspecified atom stereocenters. The summed E-state index contributed by atoms with van der Waals surface area (Å²) in [6.45, 7) is 0. The van der Waals surface area contributed by atoms with Gasteiger partial charge in [0.25, 0.3) is 0 Å². The van der Waals surface area contributed by atoms with Gasteiger partial charge in [-0.25, -0.2) is 4.98 Å². The molecule has 2 aromatic rings. The standard InChI is InChI=1S/C9H7ClF3N3O/c1-16-4-3-5(10)14-7(9(11,12)13)6(4)8(15-16)17-2/h3H,1-2H3. The lowest BCUT2D eigenvalue weighted by Crippen LogP contribution is -2.09. The minimum atomic E-state index is -4.61. The van der Waals surface area contributed by atoms with Crippen molar-refractivity contribution in [3.8, 4) is 5.88 Å². The zero-order valence-electron chi connectivity index (χ0n) is 8.84. The van der Waals surface area contributed by atoms with Gasteiger partial charge in [-0.2, -0.15) is 13.2 Å². The maximum absolute atomic E-state index is 12.8. The van der Waals surface area contributed by atoms with E-state index in [0.717, 1.165) is 0 Å². The molecule has 92 valence electrons. The van der Waals surface area contributed by atoms with E-state index in [-0.39, 0.29) is 21.9 Å². The summed E-state index contributed by atoms with van der Waals surface area (Å²) >= 11 is 5.56. The van der Waals surface area contributed by atoms with Crippen molar-refractivity contribution in [3.05, 3.63) is 16.9 Å². The predicted octanol–water partition coefficient (Wildman–Crippen LogP) is 2.65. The molecule has 4 nitrogen and oxygen atoms in total. The summed E-state index contributed by atoms with van der Waals surface area (Å²) in [5, 5.41) is 3.39. The predicted molar refractivity (Wildman–Crippen MR) is 55.1 cm³/mol. The molecule has 0 N–H and O–H groups in total. The van der Waals surface area contributed by atoms with Gasteiger partial charge in [0.05, 0.1) is 18.0 Å². The molecule has 2 rings (SSSR count). The van der Waals surface area contributed by atoms with E-state index in [1.807, 2.05) is 0 Å². The third-order valence-electron chi connectivity index (χ3n) is 2.23. The van der Waals surface area contributed by atoms with Gasteiger partial charge in [-0.15, -0.1) is 5.10 Å². The van der Waals surface area contributed by atoms with E-state index in [2.05, 4.69) is 10.1 Å². The highest BCUT2D eigenvalue weighted by Crippen LogP contribution is 2.38. The summed E-state index contributed by atoms with van der Waals surface area (Å²) in [5.41, 5.74) is -0.876. The van der Waals surface area contributed by atoms with E-state index in [1.165, 1.54) is 24.9 Å². The summed E-state index contributed by atoms with van der Waals surface area (Å²) in [4.78, 5) is 3.30. The minimum Gasteiger partial charge on any atom is -0.479 e. The zero-order chi connectivity index (χ0) is 12.8. The number of hydrogen-bond acceptors (Lipinski definition) is 3. The number of hydrogen-bond donors (Lipinski definition) is 0. The first-order valence-electron chi connectivity index (χ1n) is 4.49. The number of aryl methyl sites for hydroxylation is 1. The smallest absolute Gasteiger partial charge is 0.434 e. The number of pyridine rings is 1. The number of alkyl halides is 3. The molecule has 2 aromatic heterocycles. The molecule has 8 heteroatoms. The lowest BCUT2D eigenvalue weighted by Gasteiger charge is -2.08. The van der Waals surface area contributed by atoms with Gasteiger partial charge in [0.15, 0.2) is 5.69 Å². The van der Waals surface area contributed by atoms with Gasteiger partial charge >= 0.3 is 6.18 Å². The van der Waals surface area contributed by atoms with Crippen LogP contribution in [0.4, 0.5) is 13.2 Å². The molecule has 0 spiro atoms. The Bertz CT molecular complexity index is 579. The van der Waals surface area contributed by atoms with Gasteiger partial charge in [0.2, 0.25) is 5.88 Å². The van der Waals surface area contributed by atoms with Crippen molar-refractivity contribution < 1.29 is 17.9 Å². The number of aromatic nitrogens is 3. The van der Waals surface area contributed by atoms with Crippen LogP contribution in [0.3, 0.4) is 0 Å². The van der Waals surface area contributed by atoms with E-state index in [0.29, 0.717) is 0 Å². The molecule has 0 aliphatic carbocycles. The molecule has 0 aliphatic heterocycles. The van der Waals surface area contributed by atoms with Crippen LogP contribution in [-0.4, -0.2) is 21.9 Å². The van der Waals surface area contributed by atoms with Crippen LogP contribution in [-0.2, 0) is 13.2 Å². The van der Waals surface area contributed by atoms with Crippen LogP contribution >= 0.6 is 11.6 Å². The Kier molecular flexibility index (Phi) is 2.65. The second kappa shape index (κ2) is 3.76. The van der Waals surface area contributed by atoms with E-state index in [9.17, 15) is 13.2 Å². The Balaban J connectivity index is 2.91. The largest absolute Gasteiger partial charge is 0.479 e. The molecule has 2 heterocycles. The SMILES string of the molecule is COc1nn(C)c2cc(Cl)nc(C(F)(F)F)c12. The number of halogens is 4. The van der Waals surface area contributed by atoms with Crippen LogP contribution in [0.1, 0.15) is 5.69 Å². The molecular formula is C9H7ClF3N3O. The Morgan fingerprint density at radius 2 is 2.06 bits per heavy atom. The first-order chi connectivity index (χ1) is 7.84. The highest BCUT2D eigenvalue weighted by atomic mass is 35.5. The molecule has 0 atom stereocenters. The fourth-order valence-electron chi connectivity index (χ4n) is 1.56. The van der Waals surface area contributed by atoms with Gasteiger partial charge in [-0.3, -0.25) is 4.68 Å². The topological polar surface area (TPSA) is 39.9 Å². The van der Waals surface area contributed by atoms with Crippen molar-refractivity contribution >= 4 is 22.5 Å². The summed E-state index contributed by atoms with van der Waals surface area (Å²) < 4.78 is 44.5. The van der Waals surface area contributed by atoms with E-state index >= 15 is 0 Å². The van der Waals surface area contributed by atoms with Crippen molar-refractivity contribution in [1.82, 2.24) is 14.8 Å². The quantitative estimate of drug-likeness (QED) is 0.744. The molecule has 0 bridgehead atoms. The second-order valence-electron chi connectivity index (χ2n) is 3.32. The maximum atomic E-state index is 12.8. The van der Waals surface area contributed by atoms with Crippen molar-refractivity contribution in [3.63, 3.8) is 0 Å². The zero-order valence-corrected chi connectivity index (χ0v) is 9.60. The van der Waals surface area contributed by atoms with Crippen LogP contribution < -0.4 is 4.74 Å². The van der Waals surface area contributed by atoms with Crippen LogP contribution in [0.5, 0.6) is 5.88 Å². The fraction of sp³-hybridized carbons (Fsp3) is 0.333. The third-order valence-corrected chi connectivity index (χ3v) is 2.43. The van der Waals surface area contributed by atoms with Gasteiger partial charge in [0, 0.05) is 13.1 Å². The highest BCUT2D eigenvalue weighted by molar-refractivity contribution is 6.30. The molecular weight excluding hydrogens is 259 g/mol. The van der Waals surface area contributed by atoms with Crippen LogP contribution in [0.15, 0.2) is 6.07 Å². The second-order valence-corrected chi connectivity index (χ2v) is 3.71. The molecule has 0 aromatic carbocycles. The van der Waals surface area contributed by atoms with Gasteiger partial charge in [0.1, 0.15) is 5.15 Å². The Labute approximate surface area is 98.9 Å². The molecule has 0 fully saturated rings. The number of rotatable bonds is 1. The first-order valence-corrected chi connectivity index (χ1v) is 4.87. The number of fused-ring (bicyclic) bond motifs is 1. The van der Waals surface area contributed by atoms with E-state index in [1.54, 1.807) is 0 Å². The monoisotopic (exact) mass is 265 g/mol. The lowest BCUT2D eigenvalue weighted by molar-refractivity contribution is -0.139. The van der Waals surface area contributed by atoms with E-state index in [4.69, 9.17) is 16.3 Å². The number of methoxy groups -OCH3 is 1. The normalized spacial score (nSPS) is 12.1. The summed E-state index contributed by atoms with van der Waals surface area (Å²) in [6, 6.07) is 1.31. The molecule has 0 saturated carbocycles. The van der Waals surface area contributed by atoms with Gasteiger partial charge in [-0.05, 0) is 0 Å². The number of ether oxygens (including phenoxy) is 1. The van der Waals surface area contributed by atoms with E-state index < -0.39 is 11.9 Å². The lowest BCUT2D eigenvalue weighted by atomic mass is 10.2. The van der Waals surface area contributed by atoms with Crippen LogP contribution in [0.25, 0.3) is 10.9 Å². The summed E-state index contributed by atoms with van der Waals surface area (Å²) in [6.07, 6.45) is -4.61. The molecule has 17 heavy (non-hydrogen) atoms. The number of nitrogens with zero attached hydrogens (tertiary/aromatic N) is 3. The van der Waals surface area contributed by atoms with Crippen molar-refractivity contribution in [2.45, 2.75) is 6.18 Å². The van der Waals surface area contributed by atoms with Gasteiger partial charge < -0.3 is 4.74 Å². The molecule has 0 amide bonds. The van der Waals surface area contributed by atoms with Crippen LogP contribution in [0, 0.1) is 0 Å². The molecule has 0 aliphatic rings. The van der Waals surface area contributed by atoms with Crippen molar-refractivity contribution in [1.29, 1.82) is 0 Å². The van der Waals surface area contributed by atoms with Crippen LogP contribution in [0.2, 0.25) is 5.15 Å².